The molecule has 1 unspecified atom stereocenters. The molecule has 1 aliphatic rings. The number of carbonyl (C=O) groups is 1. The highest BCUT2D eigenvalue weighted by molar-refractivity contribution is 6.31. The van der Waals surface area contributed by atoms with E-state index in [1.807, 2.05) is 45.0 Å². The van der Waals surface area contributed by atoms with E-state index >= 15 is 0 Å². The van der Waals surface area contributed by atoms with Crippen molar-refractivity contribution in [3.63, 3.8) is 0 Å². The lowest BCUT2D eigenvalue weighted by Gasteiger charge is -2.21. The fraction of sp³-hybridized carbons (Fsp3) is 0.273. The highest BCUT2D eigenvalue weighted by Crippen LogP contribution is 2.34. The Hall–Kier alpha value is -2.99. The quantitative estimate of drug-likeness (QED) is 0.702. The number of nitrogens with one attached hydrogen (secondary N) is 1. The third-order valence-electron chi connectivity index (χ3n) is 5.31. The van der Waals surface area contributed by atoms with Crippen molar-refractivity contribution in [2.75, 3.05) is 0 Å². The van der Waals surface area contributed by atoms with Crippen LogP contribution in [0.3, 0.4) is 0 Å². The molecule has 3 heterocycles. The SMILES string of the molecule is CCC(=O)N1N=C(c2c(C)c3cc(Cl)cnc3[nH]c2=O)CC1c1ccc(C)cc1. The van der Waals surface area contributed by atoms with Crippen molar-refractivity contribution in [3.05, 3.63) is 74.2 Å². The predicted molar refractivity (Wildman–Crippen MR) is 114 cm³/mol. The summed E-state index contributed by atoms with van der Waals surface area (Å²) >= 11 is 6.10. The van der Waals surface area contributed by atoms with Gasteiger partial charge in [0, 0.05) is 24.4 Å². The van der Waals surface area contributed by atoms with Crippen LogP contribution < -0.4 is 5.56 Å². The van der Waals surface area contributed by atoms with Crippen LogP contribution >= 0.6 is 11.6 Å². The first-order valence-corrected chi connectivity index (χ1v) is 9.91. The summed E-state index contributed by atoms with van der Waals surface area (Å²) < 4.78 is 0. The van der Waals surface area contributed by atoms with Gasteiger partial charge in [0.05, 0.1) is 22.3 Å². The number of pyridine rings is 2. The van der Waals surface area contributed by atoms with Crippen molar-refractivity contribution < 1.29 is 4.79 Å². The molecule has 0 aliphatic carbocycles. The first-order valence-electron chi connectivity index (χ1n) is 9.53. The highest BCUT2D eigenvalue weighted by Gasteiger charge is 2.34. The third-order valence-corrected chi connectivity index (χ3v) is 5.52. The van der Waals surface area contributed by atoms with E-state index in [9.17, 15) is 9.59 Å². The van der Waals surface area contributed by atoms with Crippen molar-refractivity contribution >= 4 is 34.3 Å². The van der Waals surface area contributed by atoms with E-state index in [0.29, 0.717) is 34.8 Å². The smallest absolute Gasteiger partial charge is 0.259 e. The molecule has 3 aromatic rings. The Labute approximate surface area is 173 Å². The Balaban J connectivity index is 1.83. The van der Waals surface area contributed by atoms with Crippen LogP contribution in [0.4, 0.5) is 0 Å². The molecule has 7 heteroatoms. The Bertz CT molecular complexity index is 1200. The van der Waals surface area contributed by atoms with E-state index in [2.05, 4.69) is 15.1 Å². The molecule has 1 N–H and O–H groups in total. The molecule has 0 spiro atoms. The van der Waals surface area contributed by atoms with Crippen LogP contribution in [0.5, 0.6) is 0 Å². The van der Waals surface area contributed by atoms with Crippen molar-refractivity contribution in [2.45, 2.75) is 39.7 Å². The van der Waals surface area contributed by atoms with Crippen LogP contribution in [0.2, 0.25) is 5.02 Å². The molecule has 0 fully saturated rings. The second-order valence-electron chi connectivity index (χ2n) is 7.27. The molecule has 6 nitrogen and oxygen atoms in total. The van der Waals surface area contributed by atoms with Gasteiger partial charge in [-0.2, -0.15) is 5.10 Å². The molecule has 4 rings (SSSR count). The number of aromatic amines is 1. The number of nitrogens with zero attached hydrogens (tertiary/aromatic N) is 3. The number of H-pyrrole nitrogens is 1. The Morgan fingerprint density at radius 3 is 2.69 bits per heavy atom. The molecule has 2 aromatic heterocycles. The van der Waals surface area contributed by atoms with Gasteiger partial charge in [-0.3, -0.25) is 9.59 Å². The summed E-state index contributed by atoms with van der Waals surface area (Å²) in [5, 5.41) is 7.36. The topological polar surface area (TPSA) is 78.4 Å². The van der Waals surface area contributed by atoms with Crippen LogP contribution in [0, 0.1) is 13.8 Å². The molecule has 0 radical (unpaired) electrons. The monoisotopic (exact) mass is 408 g/mol. The van der Waals surface area contributed by atoms with Gasteiger partial charge in [0.15, 0.2) is 0 Å². The lowest BCUT2D eigenvalue weighted by molar-refractivity contribution is -0.132. The first-order chi connectivity index (χ1) is 13.9. The van der Waals surface area contributed by atoms with Crippen LogP contribution in [-0.2, 0) is 4.79 Å². The maximum atomic E-state index is 12.8. The number of aromatic nitrogens is 2. The van der Waals surface area contributed by atoms with Crippen molar-refractivity contribution in [3.8, 4) is 0 Å². The van der Waals surface area contributed by atoms with E-state index in [4.69, 9.17) is 11.6 Å². The number of amides is 1. The molecule has 1 aliphatic heterocycles. The number of halogens is 1. The molecule has 0 saturated heterocycles. The molecule has 1 aromatic carbocycles. The van der Waals surface area contributed by atoms with Gasteiger partial charge in [-0.25, -0.2) is 9.99 Å². The standard InChI is InChI=1S/C22H21ClN4O2/c1-4-19(28)27-18(14-7-5-12(2)6-8-14)10-17(26-27)20-13(3)16-9-15(23)11-24-21(16)25-22(20)29/h5-9,11,18H,4,10H2,1-3H3,(H,24,25,29). The maximum Gasteiger partial charge on any atom is 0.259 e. The molecular formula is C22H21ClN4O2. The Morgan fingerprint density at radius 1 is 1.28 bits per heavy atom. The number of hydrogen-bond acceptors (Lipinski definition) is 4. The lowest BCUT2D eigenvalue weighted by Crippen LogP contribution is -2.26. The van der Waals surface area contributed by atoms with Gasteiger partial charge in [0.25, 0.3) is 5.56 Å². The molecule has 148 valence electrons. The number of rotatable bonds is 3. The number of aryl methyl sites for hydroxylation is 2. The lowest BCUT2D eigenvalue weighted by atomic mass is 9.95. The van der Waals surface area contributed by atoms with Crippen molar-refractivity contribution in [2.24, 2.45) is 5.10 Å². The van der Waals surface area contributed by atoms with Gasteiger partial charge in [-0.1, -0.05) is 48.4 Å². The van der Waals surface area contributed by atoms with Crippen molar-refractivity contribution in [1.82, 2.24) is 15.0 Å². The summed E-state index contributed by atoms with van der Waals surface area (Å²) in [5.41, 5.74) is 4.19. The number of hydrogen-bond donors (Lipinski definition) is 1. The fourth-order valence-corrected chi connectivity index (χ4v) is 3.91. The largest absolute Gasteiger partial charge is 0.306 e. The van der Waals surface area contributed by atoms with Gasteiger partial charge in [0.1, 0.15) is 5.65 Å². The molecule has 29 heavy (non-hydrogen) atoms. The fourth-order valence-electron chi connectivity index (χ4n) is 3.75. The van der Waals surface area contributed by atoms with E-state index < -0.39 is 0 Å². The zero-order valence-corrected chi connectivity index (χ0v) is 17.2. The second-order valence-corrected chi connectivity index (χ2v) is 7.71. The summed E-state index contributed by atoms with van der Waals surface area (Å²) in [5.74, 6) is -0.0786. The minimum atomic E-state index is -0.267. The number of hydrazone groups is 1. The van der Waals surface area contributed by atoms with E-state index in [0.717, 1.165) is 22.1 Å². The Kier molecular flexibility index (Phi) is 4.96. The molecule has 0 saturated carbocycles. The maximum absolute atomic E-state index is 12.8. The normalized spacial score (nSPS) is 16.3. The summed E-state index contributed by atoms with van der Waals surface area (Å²) in [7, 11) is 0. The zero-order chi connectivity index (χ0) is 20.7. The number of carbonyl (C=O) groups excluding carboxylic acids is 1. The minimum Gasteiger partial charge on any atom is -0.306 e. The summed E-state index contributed by atoms with van der Waals surface area (Å²) in [6, 6.07) is 9.60. The molecule has 1 atom stereocenters. The van der Waals surface area contributed by atoms with Crippen LogP contribution in [0.15, 0.2) is 46.4 Å². The summed E-state index contributed by atoms with van der Waals surface area (Å²) in [6.07, 6.45) is 2.31. The first kappa shape index (κ1) is 19.3. The third kappa shape index (κ3) is 3.44. The van der Waals surface area contributed by atoms with Crippen LogP contribution in [0.1, 0.15) is 48.1 Å². The van der Waals surface area contributed by atoms with E-state index in [-0.39, 0.29) is 17.5 Å². The van der Waals surface area contributed by atoms with Crippen molar-refractivity contribution in [1.29, 1.82) is 0 Å². The van der Waals surface area contributed by atoms with Gasteiger partial charge >= 0.3 is 0 Å². The van der Waals surface area contributed by atoms with Gasteiger partial charge in [-0.05, 0) is 31.0 Å². The summed E-state index contributed by atoms with van der Waals surface area (Å²) in [4.78, 5) is 32.4. The number of benzene rings is 1. The second kappa shape index (κ2) is 7.44. The highest BCUT2D eigenvalue weighted by atomic mass is 35.5. The average molecular weight is 409 g/mol. The van der Waals surface area contributed by atoms with Gasteiger partial charge in [-0.15, -0.1) is 0 Å². The van der Waals surface area contributed by atoms with Gasteiger partial charge in [0.2, 0.25) is 5.91 Å². The number of fused-ring (bicyclic) bond motifs is 1. The van der Waals surface area contributed by atoms with E-state index in [1.54, 1.807) is 6.07 Å². The predicted octanol–water partition coefficient (Wildman–Crippen LogP) is 4.28. The minimum absolute atomic E-state index is 0.0786. The Morgan fingerprint density at radius 2 is 2.00 bits per heavy atom. The van der Waals surface area contributed by atoms with E-state index in [1.165, 1.54) is 11.2 Å². The summed E-state index contributed by atoms with van der Waals surface area (Å²) in [6.45, 7) is 5.69. The van der Waals surface area contributed by atoms with Crippen LogP contribution in [-0.4, -0.2) is 26.6 Å². The average Bonchev–Trinajstić information content (AvgIpc) is 3.13. The van der Waals surface area contributed by atoms with Crippen LogP contribution in [0.25, 0.3) is 11.0 Å². The zero-order valence-electron chi connectivity index (χ0n) is 16.5. The molecular weight excluding hydrogens is 388 g/mol. The van der Waals surface area contributed by atoms with Gasteiger partial charge < -0.3 is 4.98 Å². The molecule has 0 bridgehead atoms. The molecule has 1 amide bonds.